The molecule has 2 unspecified atom stereocenters. The number of aliphatic hydroxyl groups excluding tert-OH is 1. The van der Waals surface area contributed by atoms with Crippen molar-refractivity contribution in [2.75, 3.05) is 19.7 Å². The molecule has 1 saturated heterocycles. The SMILES string of the molecule is CC(C)C(O)CCNC(=O)NCC1CCCO1. The van der Waals surface area contributed by atoms with E-state index in [4.69, 9.17) is 4.74 Å². The molecule has 1 heterocycles. The Morgan fingerprint density at radius 2 is 2.24 bits per heavy atom. The van der Waals surface area contributed by atoms with E-state index < -0.39 is 0 Å². The van der Waals surface area contributed by atoms with Gasteiger partial charge in [0.05, 0.1) is 12.2 Å². The Hall–Kier alpha value is -0.810. The Kier molecular flexibility index (Phi) is 6.29. The molecule has 5 heteroatoms. The molecule has 2 amide bonds. The van der Waals surface area contributed by atoms with Crippen molar-refractivity contribution in [1.82, 2.24) is 10.6 Å². The average Bonchev–Trinajstić information content (AvgIpc) is 2.78. The molecule has 0 aromatic rings. The van der Waals surface area contributed by atoms with Crippen LogP contribution in [0.4, 0.5) is 4.79 Å². The summed E-state index contributed by atoms with van der Waals surface area (Å²) in [6, 6.07) is -0.184. The van der Waals surface area contributed by atoms with E-state index in [1.807, 2.05) is 13.8 Å². The number of rotatable bonds is 6. The standard InChI is InChI=1S/C12H24N2O3/c1-9(2)11(15)5-6-13-12(16)14-8-10-4-3-7-17-10/h9-11,15H,3-8H2,1-2H3,(H2,13,14,16). The molecule has 100 valence electrons. The highest BCUT2D eigenvalue weighted by Gasteiger charge is 2.16. The van der Waals surface area contributed by atoms with Gasteiger partial charge in [-0.25, -0.2) is 4.79 Å². The van der Waals surface area contributed by atoms with Crippen LogP contribution in [0.3, 0.4) is 0 Å². The molecule has 0 aromatic heterocycles. The van der Waals surface area contributed by atoms with Gasteiger partial charge in [0.1, 0.15) is 0 Å². The second-order valence-corrected chi connectivity index (χ2v) is 4.87. The maximum absolute atomic E-state index is 11.4. The normalized spacial score (nSPS) is 21.5. The van der Waals surface area contributed by atoms with Crippen molar-refractivity contribution in [2.24, 2.45) is 5.92 Å². The first-order chi connectivity index (χ1) is 8.09. The van der Waals surface area contributed by atoms with Crippen LogP contribution in [-0.4, -0.2) is 43.0 Å². The average molecular weight is 244 g/mol. The van der Waals surface area contributed by atoms with Crippen LogP contribution in [0.1, 0.15) is 33.1 Å². The van der Waals surface area contributed by atoms with Gasteiger partial charge in [0.15, 0.2) is 0 Å². The minimum absolute atomic E-state index is 0.169. The van der Waals surface area contributed by atoms with Crippen LogP contribution in [-0.2, 0) is 4.74 Å². The van der Waals surface area contributed by atoms with E-state index >= 15 is 0 Å². The predicted molar refractivity (Wildman–Crippen MR) is 65.8 cm³/mol. The fraction of sp³-hybridized carbons (Fsp3) is 0.917. The minimum Gasteiger partial charge on any atom is -0.393 e. The maximum Gasteiger partial charge on any atom is 0.314 e. The summed E-state index contributed by atoms with van der Waals surface area (Å²) >= 11 is 0. The van der Waals surface area contributed by atoms with Crippen LogP contribution in [0.2, 0.25) is 0 Å². The van der Waals surface area contributed by atoms with E-state index in [-0.39, 0.29) is 24.2 Å². The highest BCUT2D eigenvalue weighted by Crippen LogP contribution is 2.10. The first-order valence-electron chi connectivity index (χ1n) is 6.41. The summed E-state index contributed by atoms with van der Waals surface area (Å²) in [4.78, 5) is 11.4. The van der Waals surface area contributed by atoms with E-state index in [9.17, 15) is 9.90 Å². The fourth-order valence-corrected chi connectivity index (χ4v) is 1.74. The number of aliphatic hydroxyl groups is 1. The molecule has 3 N–H and O–H groups in total. The number of urea groups is 1. The van der Waals surface area contributed by atoms with Gasteiger partial charge in [-0.1, -0.05) is 13.8 Å². The third-order valence-corrected chi connectivity index (χ3v) is 3.01. The molecule has 5 nitrogen and oxygen atoms in total. The van der Waals surface area contributed by atoms with Gasteiger partial charge in [0.25, 0.3) is 0 Å². The highest BCUT2D eigenvalue weighted by atomic mass is 16.5. The van der Waals surface area contributed by atoms with Crippen LogP contribution in [0.15, 0.2) is 0 Å². The lowest BCUT2D eigenvalue weighted by atomic mass is 10.0. The number of carbonyl (C=O) groups excluding carboxylic acids is 1. The molecule has 1 aliphatic heterocycles. The molecule has 1 fully saturated rings. The van der Waals surface area contributed by atoms with Crippen molar-refractivity contribution in [1.29, 1.82) is 0 Å². The number of hydrogen-bond acceptors (Lipinski definition) is 3. The lowest BCUT2D eigenvalue weighted by molar-refractivity contribution is 0.110. The molecule has 0 spiro atoms. The second kappa shape index (κ2) is 7.50. The van der Waals surface area contributed by atoms with Gasteiger partial charge in [-0.15, -0.1) is 0 Å². The Morgan fingerprint density at radius 3 is 2.82 bits per heavy atom. The van der Waals surface area contributed by atoms with Gasteiger partial charge < -0.3 is 20.5 Å². The summed E-state index contributed by atoms with van der Waals surface area (Å²) in [5.41, 5.74) is 0. The minimum atomic E-state index is -0.353. The highest BCUT2D eigenvalue weighted by molar-refractivity contribution is 5.73. The van der Waals surface area contributed by atoms with E-state index in [1.165, 1.54) is 0 Å². The molecule has 0 bridgehead atoms. The summed E-state index contributed by atoms with van der Waals surface area (Å²) < 4.78 is 5.39. The van der Waals surface area contributed by atoms with Gasteiger partial charge in [-0.2, -0.15) is 0 Å². The quantitative estimate of drug-likeness (QED) is 0.649. The number of hydrogen-bond donors (Lipinski definition) is 3. The van der Waals surface area contributed by atoms with Gasteiger partial charge >= 0.3 is 6.03 Å². The topological polar surface area (TPSA) is 70.6 Å². The summed E-state index contributed by atoms with van der Waals surface area (Å²) in [7, 11) is 0. The molecule has 0 radical (unpaired) electrons. The Labute approximate surface area is 103 Å². The lowest BCUT2D eigenvalue weighted by Crippen LogP contribution is -2.40. The van der Waals surface area contributed by atoms with Gasteiger partial charge in [-0.3, -0.25) is 0 Å². The van der Waals surface area contributed by atoms with Crippen LogP contribution in [0.5, 0.6) is 0 Å². The fourth-order valence-electron chi connectivity index (χ4n) is 1.74. The summed E-state index contributed by atoms with van der Waals surface area (Å²) in [5, 5.41) is 15.0. The molecular formula is C12H24N2O3. The molecule has 1 rings (SSSR count). The largest absolute Gasteiger partial charge is 0.393 e. The van der Waals surface area contributed by atoms with E-state index in [0.29, 0.717) is 19.5 Å². The lowest BCUT2D eigenvalue weighted by Gasteiger charge is -2.15. The number of amides is 2. The van der Waals surface area contributed by atoms with Crippen molar-refractivity contribution in [2.45, 2.75) is 45.3 Å². The number of ether oxygens (including phenoxy) is 1. The van der Waals surface area contributed by atoms with Gasteiger partial charge in [0.2, 0.25) is 0 Å². The summed E-state index contributed by atoms with van der Waals surface area (Å²) in [5.74, 6) is 0.228. The zero-order valence-corrected chi connectivity index (χ0v) is 10.7. The molecule has 0 saturated carbocycles. The van der Waals surface area contributed by atoms with Crippen molar-refractivity contribution in [3.63, 3.8) is 0 Å². The van der Waals surface area contributed by atoms with Crippen molar-refractivity contribution >= 4 is 6.03 Å². The molecule has 2 atom stereocenters. The van der Waals surface area contributed by atoms with E-state index in [2.05, 4.69) is 10.6 Å². The van der Waals surface area contributed by atoms with Crippen LogP contribution in [0.25, 0.3) is 0 Å². The Balaban J connectivity index is 2.00. The third-order valence-electron chi connectivity index (χ3n) is 3.01. The summed E-state index contributed by atoms with van der Waals surface area (Å²) in [6.45, 7) is 5.79. The van der Waals surface area contributed by atoms with Crippen LogP contribution in [0, 0.1) is 5.92 Å². The van der Waals surface area contributed by atoms with E-state index in [1.54, 1.807) is 0 Å². The monoisotopic (exact) mass is 244 g/mol. The maximum atomic E-state index is 11.4. The number of carbonyl (C=O) groups is 1. The van der Waals surface area contributed by atoms with Crippen molar-refractivity contribution < 1.29 is 14.6 Å². The zero-order chi connectivity index (χ0) is 12.7. The van der Waals surface area contributed by atoms with Crippen LogP contribution < -0.4 is 10.6 Å². The zero-order valence-electron chi connectivity index (χ0n) is 10.7. The van der Waals surface area contributed by atoms with Crippen molar-refractivity contribution in [3.8, 4) is 0 Å². The van der Waals surface area contributed by atoms with Crippen molar-refractivity contribution in [3.05, 3.63) is 0 Å². The van der Waals surface area contributed by atoms with Crippen LogP contribution >= 0.6 is 0 Å². The first kappa shape index (κ1) is 14.3. The summed E-state index contributed by atoms with van der Waals surface area (Å²) in [6.07, 6.45) is 2.50. The van der Waals surface area contributed by atoms with E-state index in [0.717, 1.165) is 19.4 Å². The second-order valence-electron chi connectivity index (χ2n) is 4.87. The smallest absolute Gasteiger partial charge is 0.314 e. The Bertz CT molecular complexity index is 228. The molecular weight excluding hydrogens is 220 g/mol. The van der Waals surface area contributed by atoms with Gasteiger partial charge in [0, 0.05) is 19.7 Å². The third kappa shape index (κ3) is 5.89. The number of nitrogens with one attached hydrogen (secondary N) is 2. The predicted octanol–water partition coefficient (Wildman–Crippen LogP) is 0.872. The first-order valence-corrected chi connectivity index (χ1v) is 6.41. The molecule has 1 aliphatic rings. The molecule has 17 heavy (non-hydrogen) atoms. The molecule has 0 aliphatic carbocycles. The Morgan fingerprint density at radius 1 is 1.47 bits per heavy atom. The van der Waals surface area contributed by atoms with Gasteiger partial charge in [-0.05, 0) is 25.2 Å². The molecule has 0 aromatic carbocycles.